The summed E-state index contributed by atoms with van der Waals surface area (Å²) in [6, 6.07) is 5.51. The van der Waals surface area contributed by atoms with E-state index in [-0.39, 0.29) is 23.1 Å². The highest BCUT2D eigenvalue weighted by molar-refractivity contribution is 7.89. The molecule has 154 valence electrons. The van der Waals surface area contributed by atoms with Crippen LogP contribution >= 0.6 is 0 Å². The highest BCUT2D eigenvalue weighted by Crippen LogP contribution is 2.28. The number of rotatable bonds is 4. The monoisotopic (exact) mass is 417 g/mol. The minimum Gasteiger partial charge on any atom is -0.360 e. The van der Waals surface area contributed by atoms with Crippen LogP contribution in [0.15, 0.2) is 33.9 Å². The molecule has 29 heavy (non-hydrogen) atoms. The van der Waals surface area contributed by atoms with E-state index in [0.717, 1.165) is 11.0 Å². The Labute approximate surface area is 168 Å². The Morgan fingerprint density at radius 3 is 2.83 bits per heavy atom. The molecule has 1 aromatic carbocycles. The van der Waals surface area contributed by atoms with Crippen LogP contribution in [0.5, 0.6) is 0 Å². The number of carbonyl (C=O) groups excluding carboxylic acids is 1. The molecule has 1 unspecified atom stereocenters. The molecule has 1 aliphatic rings. The third-order valence-corrected chi connectivity index (χ3v) is 7.42. The Bertz CT molecular complexity index is 1160. The van der Waals surface area contributed by atoms with Crippen LogP contribution in [0.3, 0.4) is 0 Å². The van der Waals surface area contributed by atoms with E-state index in [1.54, 1.807) is 26.2 Å². The van der Waals surface area contributed by atoms with Crippen molar-refractivity contribution in [2.45, 2.75) is 31.6 Å². The van der Waals surface area contributed by atoms with Gasteiger partial charge in [-0.2, -0.15) is 4.31 Å². The molecule has 1 amide bonds. The van der Waals surface area contributed by atoms with Crippen molar-refractivity contribution < 1.29 is 17.7 Å². The summed E-state index contributed by atoms with van der Waals surface area (Å²) in [4.78, 5) is 17.2. The van der Waals surface area contributed by atoms with Crippen LogP contribution in [0.1, 0.15) is 24.3 Å². The van der Waals surface area contributed by atoms with E-state index >= 15 is 0 Å². The number of imidazole rings is 1. The second-order valence-corrected chi connectivity index (χ2v) is 9.28. The Balaban J connectivity index is 1.51. The number of aryl methyl sites for hydroxylation is 3. The molecular formula is C19H23N5O4S. The quantitative estimate of drug-likeness (QED) is 0.697. The molecule has 1 saturated heterocycles. The summed E-state index contributed by atoms with van der Waals surface area (Å²) in [5.74, 6) is -0.357. The van der Waals surface area contributed by atoms with Gasteiger partial charge in [0, 0.05) is 25.8 Å². The molecule has 0 spiro atoms. The summed E-state index contributed by atoms with van der Waals surface area (Å²) < 4.78 is 34.4. The summed E-state index contributed by atoms with van der Waals surface area (Å²) in [7, 11) is -1.87. The number of anilines is 1. The van der Waals surface area contributed by atoms with E-state index in [2.05, 4.69) is 15.5 Å². The number of hydrogen-bond donors (Lipinski definition) is 1. The van der Waals surface area contributed by atoms with Crippen LogP contribution in [0, 0.1) is 19.8 Å². The molecule has 0 bridgehead atoms. The van der Waals surface area contributed by atoms with Crippen LogP contribution in [0.4, 0.5) is 5.69 Å². The number of amides is 1. The molecule has 3 heterocycles. The highest BCUT2D eigenvalue weighted by atomic mass is 32.2. The van der Waals surface area contributed by atoms with Crippen LogP contribution in [-0.4, -0.2) is 46.4 Å². The van der Waals surface area contributed by atoms with Crippen molar-refractivity contribution in [1.82, 2.24) is 19.0 Å². The van der Waals surface area contributed by atoms with E-state index in [4.69, 9.17) is 4.52 Å². The fourth-order valence-corrected chi connectivity index (χ4v) is 5.61. The fraction of sp³-hybridized carbons (Fsp3) is 0.421. The molecule has 1 atom stereocenters. The lowest BCUT2D eigenvalue weighted by Gasteiger charge is -2.31. The third-order valence-electron chi connectivity index (χ3n) is 5.31. The van der Waals surface area contributed by atoms with E-state index in [1.807, 2.05) is 23.7 Å². The van der Waals surface area contributed by atoms with Gasteiger partial charge in [0.05, 0.1) is 23.3 Å². The number of carbonyl (C=O) groups is 1. The summed E-state index contributed by atoms with van der Waals surface area (Å²) in [5.41, 5.74) is 2.75. The van der Waals surface area contributed by atoms with Gasteiger partial charge in [0.2, 0.25) is 15.9 Å². The first-order valence-corrected chi connectivity index (χ1v) is 10.9. The molecule has 2 aromatic heterocycles. The molecule has 0 saturated carbocycles. The van der Waals surface area contributed by atoms with Gasteiger partial charge in [-0.05, 0) is 44.9 Å². The predicted octanol–water partition coefficient (Wildman–Crippen LogP) is 2.22. The topological polar surface area (TPSA) is 110 Å². The van der Waals surface area contributed by atoms with Crippen LogP contribution < -0.4 is 5.32 Å². The maximum atomic E-state index is 13.1. The predicted molar refractivity (Wildman–Crippen MR) is 107 cm³/mol. The summed E-state index contributed by atoms with van der Waals surface area (Å²) in [6.07, 6.45) is 2.96. The molecule has 9 nitrogen and oxygen atoms in total. The lowest BCUT2D eigenvalue weighted by Crippen LogP contribution is -2.43. The van der Waals surface area contributed by atoms with Crippen molar-refractivity contribution in [2.75, 3.05) is 18.4 Å². The Kier molecular flexibility index (Phi) is 4.91. The first-order chi connectivity index (χ1) is 13.8. The molecule has 1 aliphatic heterocycles. The number of aromatic nitrogens is 3. The molecule has 0 aliphatic carbocycles. The molecule has 1 fully saturated rings. The number of nitrogens with zero attached hydrogens (tertiary/aromatic N) is 4. The number of hydrogen-bond acceptors (Lipinski definition) is 6. The van der Waals surface area contributed by atoms with Gasteiger partial charge >= 0.3 is 0 Å². The number of piperidine rings is 1. The molecule has 1 N–H and O–H groups in total. The highest BCUT2D eigenvalue weighted by Gasteiger charge is 2.36. The number of sulfonamides is 1. The molecule has 0 radical (unpaired) electrons. The average Bonchev–Trinajstić information content (AvgIpc) is 3.24. The molecule has 4 rings (SSSR count). The van der Waals surface area contributed by atoms with Gasteiger partial charge in [0.15, 0.2) is 5.76 Å². The molecule has 3 aromatic rings. The van der Waals surface area contributed by atoms with E-state index in [9.17, 15) is 13.2 Å². The summed E-state index contributed by atoms with van der Waals surface area (Å²) in [5, 5.41) is 6.67. The van der Waals surface area contributed by atoms with Crippen molar-refractivity contribution in [3.05, 3.63) is 36.0 Å². The van der Waals surface area contributed by atoms with Gasteiger partial charge in [0.25, 0.3) is 0 Å². The van der Waals surface area contributed by atoms with Crippen LogP contribution in [0.25, 0.3) is 11.0 Å². The van der Waals surface area contributed by atoms with Gasteiger partial charge in [0.1, 0.15) is 10.6 Å². The number of nitrogens with one attached hydrogen (secondary N) is 1. The van der Waals surface area contributed by atoms with Gasteiger partial charge < -0.3 is 14.4 Å². The first-order valence-electron chi connectivity index (χ1n) is 9.42. The van der Waals surface area contributed by atoms with E-state index in [0.29, 0.717) is 30.8 Å². The standard InChI is InChI=1S/C19H23N5O4S/c1-12-18(13(2)28-22-12)29(26,27)24-8-4-5-14(10-24)19(25)21-15-6-7-16-17(9-15)23(3)11-20-16/h6-7,9,11,14H,4-5,8,10H2,1-3H3,(H,21,25). The minimum absolute atomic E-state index is 0.0974. The fourth-order valence-electron chi connectivity index (χ4n) is 3.79. The van der Waals surface area contributed by atoms with E-state index < -0.39 is 15.9 Å². The summed E-state index contributed by atoms with van der Waals surface area (Å²) >= 11 is 0. The van der Waals surface area contributed by atoms with Crippen molar-refractivity contribution in [2.24, 2.45) is 13.0 Å². The minimum atomic E-state index is -3.76. The number of fused-ring (bicyclic) bond motifs is 1. The lowest BCUT2D eigenvalue weighted by molar-refractivity contribution is -0.120. The van der Waals surface area contributed by atoms with Crippen LogP contribution in [0.2, 0.25) is 0 Å². The van der Waals surface area contributed by atoms with Crippen molar-refractivity contribution in [3.63, 3.8) is 0 Å². The molecule has 10 heteroatoms. The Hall–Kier alpha value is -2.72. The van der Waals surface area contributed by atoms with Gasteiger partial charge in [-0.1, -0.05) is 5.16 Å². The normalized spacial score (nSPS) is 18.2. The van der Waals surface area contributed by atoms with Gasteiger partial charge in [-0.3, -0.25) is 4.79 Å². The van der Waals surface area contributed by atoms with Gasteiger partial charge in [-0.25, -0.2) is 13.4 Å². The Morgan fingerprint density at radius 2 is 2.10 bits per heavy atom. The van der Waals surface area contributed by atoms with Gasteiger partial charge in [-0.15, -0.1) is 0 Å². The second kappa shape index (κ2) is 7.27. The zero-order valence-electron chi connectivity index (χ0n) is 16.5. The third kappa shape index (κ3) is 3.53. The lowest BCUT2D eigenvalue weighted by atomic mass is 9.98. The van der Waals surface area contributed by atoms with Crippen LogP contribution in [-0.2, 0) is 21.9 Å². The second-order valence-electron chi connectivity index (χ2n) is 7.40. The maximum absolute atomic E-state index is 13.1. The Morgan fingerprint density at radius 1 is 1.31 bits per heavy atom. The largest absolute Gasteiger partial charge is 0.360 e. The SMILES string of the molecule is Cc1noc(C)c1S(=O)(=O)N1CCCC(C(=O)Nc2ccc3ncn(C)c3c2)C1. The zero-order valence-corrected chi connectivity index (χ0v) is 17.4. The zero-order chi connectivity index (χ0) is 20.8. The number of benzene rings is 1. The smallest absolute Gasteiger partial charge is 0.248 e. The van der Waals surface area contributed by atoms with Crippen molar-refractivity contribution in [1.29, 1.82) is 0 Å². The summed E-state index contributed by atoms with van der Waals surface area (Å²) in [6.45, 7) is 3.69. The first kappa shape index (κ1) is 19.6. The molecular weight excluding hydrogens is 394 g/mol. The maximum Gasteiger partial charge on any atom is 0.248 e. The average molecular weight is 417 g/mol. The van der Waals surface area contributed by atoms with Crippen molar-refractivity contribution >= 4 is 32.7 Å². The van der Waals surface area contributed by atoms with Crippen molar-refractivity contribution in [3.8, 4) is 0 Å². The van der Waals surface area contributed by atoms with E-state index in [1.165, 1.54) is 4.31 Å².